The molecule has 23 heavy (non-hydrogen) atoms. The van der Waals surface area contributed by atoms with Crippen molar-refractivity contribution in [2.45, 2.75) is 26.9 Å². The maximum atomic E-state index is 12.6. The highest BCUT2D eigenvalue weighted by Crippen LogP contribution is 2.14. The third-order valence-corrected chi connectivity index (χ3v) is 3.43. The topological polar surface area (TPSA) is 60.4 Å². The molecule has 0 spiro atoms. The number of hydrogen-bond acceptors (Lipinski definition) is 4. The number of ketones is 2. The highest BCUT2D eigenvalue weighted by atomic mass is 16.5. The van der Waals surface area contributed by atoms with Gasteiger partial charge in [0.2, 0.25) is 17.7 Å². The van der Waals surface area contributed by atoms with Gasteiger partial charge in [0.1, 0.15) is 0 Å². The number of benzene rings is 2. The normalized spacial score (nSPS) is 10.4. The van der Waals surface area contributed by atoms with Crippen LogP contribution in [-0.4, -0.2) is 23.6 Å². The Morgan fingerprint density at radius 3 is 1.39 bits per heavy atom. The van der Waals surface area contributed by atoms with E-state index in [2.05, 4.69) is 0 Å². The smallest absolute Gasteiger partial charge is 0.303 e. The Hall–Kier alpha value is -2.75. The van der Waals surface area contributed by atoms with Gasteiger partial charge in [-0.3, -0.25) is 14.4 Å². The molecule has 0 aliphatic heterocycles. The van der Waals surface area contributed by atoms with Crippen molar-refractivity contribution >= 4 is 17.5 Å². The van der Waals surface area contributed by atoms with Gasteiger partial charge in [-0.2, -0.15) is 0 Å². The Morgan fingerprint density at radius 2 is 1.09 bits per heavy atom. The third-order valence-electron chi connectivity index (χ3n) is 3.43. The van der Waals surface area contributed by atoms with Crippen molar-refractivity contribution < 1.29 is 19.1 Å². The van der Waals surface area contributed by atoms with Crippen molar-refractivity contribution in [3.8, 4) is 0 Å². The molecule has 2 aromatic carbocycles. The van der Waals surface area contributed by atoms with Crippen molar-refractivity contribution in [1.82, 2.24) is 0 Å². The van der Waals surface area contributed by atoms with E-state index in [1.807, 2.05) is 13.8 Å². The van der Waals surface area contributed by atoms with Gasteiger partial charge in [-0.25, -0.2) is 0 Å². The summed E-state index contributed by atoms with van der Waals surface area (Å²) in [6.45, 7) is 4.97. The Balaban J connectivity index is 2.34. The van der Waals surface area contributed by atoms with E-state index in [0.29, 0.717) is 11.1 Å². The average Bonchev–Trinajstić information content (AvgIpc) is 2.52. The lowest BCUT2D eigenvalue weighted by molar-refractivity contribution is -0.142. The van der Waals surface area contributed by atoms with E-state index >= 15 is 0 Å². The molecule has 0 saturated heterocycles. The molecule has 0 atom stereocenters. The molecule has 0 unspecified atom stereocenters. The zero-order chi connectivity index (χ0) is 17.0. The van der Waals surface area contributed by atoms with Crippen LogP contribution in [0.25, 0.3) is 0 Å². The van der Waals surface area contributed by atoms with Gasteiger partial charge in [0, 0.05) is 18.1 Å². The summed E-state index contributed by atoms with van der Waals surface area (Å²) in [5.41, 5.74) is 2.66. The van der Waals surface area contributed by atoms with Gasteiger partial charge in [-0.05, 0) is 13.8 Å². The molecular weight excluding hydrogens is 292 g/mol. The molecule has 4 nitrogen and oxygen atoms in total. The molecular formula is C19H18O4. The third kappa shape index (κ3) is 4.13. The lowest BCUT2D eigenvalue weighted by Crippen LogP contribution is -2.34. The van der Waals surface area contributed by atoms with Gasteiger partial charge in [0.05, 0.1) is 0 Å². The zero-order valence-electron chi connectivity index (χ0n) is 13.3. The van der Waals surface area contributed by atoms with E-state index in [1.54, 1.807) is 48.5 Å². The van der Waals surface area contributed by atoms with Crippen LogP contribution in [-0.2, 0) is 9.53 Å². The number of Topliss-reactive ketones (excluding diaryl/α,β-unsaturated/α-hetero) is 2. The van der Waals surface area contributed by atoms with Crippen molar-refractivity contribution in [2.24, 2.45) is 0 Å². The summed E-state index contributed by atoms with van der Waals surface area (Å²) >= 11 is 0. The lowest BCUT2D eigenvalue weighted by Gasteiger charge is -2.15. The van der Waals surface area contributed by atoms with Crippen molar-refractivity contribution in [2.75, 3.05) is 0 Å². The number of aryl methyl sites for hydroxylation is 2. The number of carbonyl (C=O) groups is 3. The largest absolute Gasteiger partial charge is 0.446 e. The maximum absolute atomic E-state index is 12.6. The van der Waals surface area contributed by atoms with Crippen LogP contribution in [0.4, 0.5) is 0 Å². The molecule has 0 aliphatic rings. The standard InChI is InChI=1S/C19H18O4/c1-12-4-8-15(9-5-12)17(21)19(23-14(3)20)18(22)16-10-6-13(2)7-11-16/h4-11,19H,1-3H3. The van der Waals surface area contributed by atoms with E-state index in [0.717, 1.165) is 11.1 Å². The lowest BCUT2D eigenvalue weighted by atomic mass is 9.97. The number of carbonyl (C=O) groups excluding carboxylic acids is 3. The summed E-state index contributed by atoms with van der Waals surface area (Å²) in [5.74, 6) is -1.72. The average molecular weight is 310 g/mol. The minimum atomic E-state index is -1.46. The van der Waals surface area contributed by atoms with E-state index < -0.39 is 23.6 Å². The van der Waals surface area contributed by atoms with Gasteiger partial charge < -0.3 is 4.74 Å². The van der Waals surface area contributed by atoms with Gasteiger partial charge in [0.25, 0.3) is 0 Å². The first-order valence-corrected chi connectivity index (χ1v) is 7.27. The molecule has 4 heteroatoms. The number of hydrogen-bond donors (Lipinski definition) is 0. The second-order valence-corrected chi connectivity index (χ2v) is 5.45. The summed E-state index contributed by atoms with van der Waals surface area (Å²) in [7, 11) is 0. The monoisotopic (exact) mass is 310 g/mol. The van der Waals surface area contributed by atoms with Gasteiger partial charge in [-0.1, -0.05) is 59.7 Å². The van der Waals surface area contributed by atoms with Crippen molar-refractivity contribution in [1.29, 1.82) is 0 Å². The second kappa shape index (κ2) is 7.01. The fourth-order valence-corrected chi connectivity index (χ4v) is 2.13. The van der Waals surface area contributed by atoms with E-state index in [-0.39, 0.29) is 0 Å². The second-order valence-electron chi connectivity index (χ2n) is 5.45. The fraction of sp³-hybridized carbons (Fsp3) is 0.211. The first-order chi connectivity index (χ1) is 10.9. The minimum Gasteiger partial charge on any atom is -0.446 e. The van der Waals surface area contributed by atoms with E-state index in [1.165, 1.54) is 6.92 Å². The molecule has 0 saturated carbocycles. The van der Waals surface area contributed by atoms with E-state index in [4.69, 9.17) is 4.74 Å². The van der Waals surface area contributed by atoms with Crippen LogP contribution in [0.3, 0.4) is 0 Å². The minimum absolute atomic E-state index is 0.335. The summed E-state index contributed by atoms with van der Waals surface area (Å²) < 4.78 is 5.01. The van der Waals surface area contributed by atoms with Crippen LogP contribution >= 0.6 is 0 Å². The SMILES string of the molecule is CC(=O)OC(C(=O)c1ccc(C)cc1)C(=O)c1ccc(C)cc1. The Morgan fingerprint density at radius 1 is 0.739 bits per heavy atom. The Bertz CT molecular complexity index is 669. The van der Waals surface area contributed by atoms with Crippen molar-refractivity contribution in [3.05, 3.63) is 70.8 Å². The molecule has 0 N–H and O–H groups in total. The number of rotatable bonds is 5. The maximum Gasteiger partial charge on any atom is 0.303 e. The zero-order valence-corrected chi connectivity index (χ0v) is 13.3. The van der Waals surface area contributed by atoms with E-state index in [9.17, 15) is 14.4 Å². The van der Waals surface area contributed by atoms with Crippen LogP contribution < -0.4 is 0 Å². The summed E-state index contributed by atoms with van der Waals surface area (Å²) in [6.07, 6.45) is -1.46. The molecule has 2 rings (SSSR count). The highest BCUT2D eigenvalue weighted by molar-refractivity contribution is 6.19. The first kappa shape index (κ1) is 16.6. The predicted octanol–water partition coefficient (Wildman–Crippen LogP) is 3.30. The summed E-state index contributed by atoms with van der Waals surface area (Å²) in [6, 6.07) is 13.6. The molecule has 0 fully saturated rings. The van der Waals surface area contributed by atoms with Gasteiger partial charge in [-0.15, -0.1) is 0 Å². The fourth-order valence-electron chi connectivity index (χ4n) is 2.13. The first-order valence-electron chi connectivity index (χ1n) is 7.27. The van der Waals surface area contributed by atoms with Crippen LogP contribution in [0.2, 0.25) is 0 Å². The predicted molar refractivity (Wildman–Crippen MR) is 86.6 cm³/mol. The summed E-state index contributed by atoms with van der Waals surface area (Å²) in [4.78, 5) is 36.5. The summed E-state index contributed by atoms with van der Waals surface area (Å²) in [5, 5.41) is 0. The molecule has 0 bridgehead atoms. The molecule has 0 aromatic heterocycles. The molecule has 118 valence electrons. The van der Waals surface area contributed by atoms with Crippen LogP contribution in [0, 0.1) is 13.8 Å². The molecule has 0 aliphatic carbocycles. The number of ether oxygens (including phenoxy) is 1. The Kier molecular flexibility index (Phi) is 5.06. The van der Waals surface area contributed by atoms with Crippen LogP contribution in [0.5, 0.6) is 0 Å². The number of esters is 1. The van der Waals surface area contributed by atoms with Crippen LogP contribution in [0.1, 0.15) is 38.8 Å². The van der Waals surface area contributed by atoms with Gasteiger partial charge >= 0.3 is 5.97 Å². The molecule has 0 heterocycles. The quantitative estimate of drug-likeness (QED) is 0.483. The van der Waals surface area contributed by atoms with Crippen molar-refractivity contribution in [3.63, 3.8) is 0 Å². The van der Waals surface area contributed by atoms with Gasteiger partial charge in [0.15, 0.2) is 0 Å². The molecule has 0 amide bonds. The molecule has 0 radical (unpaired) electrons. The Labute approximate surface area is 135 Å². The highest BCUT2D eigenvalue weighted by Gasteiger charge is 2.31. The van der Waals surface area contributed by atoms with Crippen LogP contribution in [0.15, 0.2) is 48.5 Å². The molecule has 2 aromatic rings.